The Morgan fingerprint density at radius 2 is 2.30 bits per heavy atom. The number of ketones is 1. The molecule has 1 fully saturated rings. The molecule has 0 amide bonds. The number of halogens is 1. The maximum Gasteiger partial charge on any atom is 0.214 e. The molecule has 0 unspecified atom stereocenters. The van der Waals surface area contributed by atoms with Gasteiger partial charge in [-0.1, -0.05) is 5.21 Å². The lowest BCUT2D eigenvalue weighted by Gasteiger charge is -2.26. The van der Waals surface area contributed by atoms with E-state index in [9.17, 15) is 9.18 Å². The van der Waals surface area contributed by atoms with Gasteiger partial charge in [0.1, 0.15) is 0 Å². The molecule has 1 saturated heterocycles. The molecular formula is C13H13FN4O2. The highest BCUT2D eigenvalue weighted by atomic mass is 19.1. The largest absolute Gasteiger partial charge is 0.494 e. The maximum atomic E-state index is 13.6. The van der Waals surface area contributed by atoms with E-state index in [0.29, 0.717) is 0 Å². The number of benzene rings is 1. The van der Waals surface area contributed by atoms with Crippen LogP contribution in [0.3, 0.4) is 0 Å². The van der Waals surface area contributed by atoms with Gasteiger partial charge in [0.25, 0.3) is 0 Å². The third kappa shape index (κ3) is 2.16. The SMILES string of the molecule is COc1ccc(C(=O)c2cn(C3CNC3)nn2)cc1F. The number of carbonyl (C=O) groups excluding carboxylic acids is 1. The van der Waals surface area contributed by atoms with Gasteiger partial charge in [0.05, 0.1) is 19.3 Å². The van der Waals surface area contributed by atoms with Crippen LogP contribution >= 0.6 is 0 Å². The van der Waals surface area contributed by atoms with Crippen molar-refractivity contribution in [2.75, 3.05) is 20.2 Å². The topological polar surface area (TPSA) is 69.0 Å². The lowest BCUT2D eigenvalue weighted by atomic mass is 10.1. The average Bonchev–Trinajstić information content (AvgIpc) is 2.85. The Hall–Kier alpha value is -2.28. The van der Waals surface area contributed by atoms with Crippen LogP contribution in [0, 0.1) is 5.82 Å². The summed E-state index contributed by atoms with van der Waals surface area (Å²) >= 11 is 0. The van der Waals surface area contributed by atoms with Crippen LogP contribution in [0.1, 0.15) is 22.1 Å². The van der Waals surface area contributed by atoms with Gasteiger partial charge in [-0.2, -0.15) is 0 Å². The van der Waals surface area contributed by atoms with Gasteiger partial charge in [-0.25, -0.2) is 9.07 Å². The van der Waals surface area contributed by atoms with Crippen molar-refractivity contribution in [1.82, 2.24) is 20.3 Å². The number of carbonyl (C=O) groups is 1. The van der Waals surface area contributed by atoms with Crippen LogP contribution in [0.2, 0.25) is 0 Å². The summed E-state index contributed by atoms with van der Waals surface area (Å²) in [7, 11) is 1.37. The lowest BCUT2D eigenvalue weighted by Crippen LogP contribution is -2.43. The van der Waals surface area contributed by atoms with E-state index < -0.39 is 5.82 Å². The first-order chi connectivity index (χ1) is 9.69. The number of methoxy groups -OCH3 is 1. The van der Waals surface area contributed by atoms with Crippen molar-refractivity contribution in [2.24, 2.45) is 0 Å². The molecule has 0 bridgehead atoms. The molecule has 0 aliphatic carbocycles. The third-order valence-corrected chi connectivity index (χ3v) is 3.29. The molecule has 20 heavy (non-hydrogen) atoms. The molecule has 0 radical (unpaired) electrons. The molecule has 0 spiro atoms. The summed E-state index contributed by atoms with van der Waals surface area (Å²) in [6.45, 7) is 1.63. The van der Waals surface area contributed by atoms with Gasteiger partial charge in [0.15, 0.2) is 17.3 Å². The number of ether oxygens (including phenoxy) is 1. The summed E-state index contributed by atoms with van der Waals surface area (Å²) < 4.78 is 20.1. The van der Waals surface area contributed by atoms with Gasteiger partial charge < -0.3 is 10.1 Å². The van der Waals surface area contributed by atoms with Gasteiger partial charge in [-0.15, -0.1) is 5.10 Å². The predicted octanol–water partition coefficient (Wildman–Crippen LogP) is 0.801. The zero-order valence-corrected chi connectivity index (χ0v) is 10.8. The highest BCUT2D eigenvalue weighted by Gasteiger charge is 2.22. The monoisotopic (exact) mass is 276 g/mol. The molecule has 2 heterocycles. The van der Waals surface area contributed by atoms with Crippen molar-refractivity contribution in [3.63, 3.8) is 0 Å². The minimum absolute atomic E-state index is 0.103. The summed E-state index contributed by atoms with van der Waals surface area (Å²) in [6.07, 6.45) is 1.59. The van der Waals surface area contributed by atoms with Gasteiger partial charge >= 0.3 is 0 Å². The van der Waals surface area contributed by atoms with Crippen molar-refractivity contribution in [2.45, 2.75) is 6.04 Å². The normalized spacial score (nSPS) is 14.9. The number of rotatable bonds is 4. The summed E-state index contributed by atoms with van der Waals surface area (Å²) in [6, 6.07) is 4.30. The summed E-state index contributed by atoms with van der Waals surface area (Å²) in [4.78, 5) is 12.2. The van der Waals surface area contributed by atoms with Gasteiger partial charge in [0.2, 0.25) is 5.78 Å². The quantitative estimate of drug-likeness (QED) is 0.837. The van der Waals surface area contributed by atoms with Crippen LogP contribution in [-0.2, 0) is 0 Å². The van der Waals surface area contributed by atoms with Gasteiger partial charge in [-0.3, -0.25) is 4.79 Å². The fraction of sp³-hybridized carbons (Fsp3) is 0.308. The van der Waals surface area contributed by atoms with Crippen molar-refractivity contribution in [3.05, 3.63) is 41.5 Å². The molecule has 1 aromatic carbocycles. The Morgan fingerprint density at radius 1 is 1.50 bits per heavy atom. The van der Waals surface area contributed by atoms with E-state index in [2.05, 4.69) is 15.6 Å². The molecule has 7 heteroatoms. The van der Waals surface area contributed by atoms with Crippen LogP contribution in [0.4, 0.5) is 4.39 Å². The van der Waals surface area contributed by atoms with E-state index in [1.807, 2.05) is 0 Å². The number of hydrogen-bond acceptors (Lipinski definition) is 5. The van der Waals surface area contributed by atoms with Crippen LogP contribution in [-0.4, -0.2) is 41.0 Å². The van der Waals surface area contributed by atoms with E-state index >= 15 is 0 Å². The van der Waals surface area contributed by atoms with E-state index in [4.69, 9.17) is 4.74 Å². The van der Waals surface area contributed by atoms with Gasteiger partial charge in [-0.05, 0) is 18.2 Å². The Balaban J connectivity index is 1.84. The molecule has 1 aromatic heterocycles. The standard InChI is InChI=1S/C13H13FN4O2/c1-20-12-3-2-8(4-10(12)14)13(19)11-7-18(17-16-11)9-5-15-6-9/h2-4,7,9,15H,5-6H2,1H3. The van der Waals surface area contributed by atoms with Crippen LogP contribution in [0.25, 0.3) is 0 Å². The fourth-order valence-corrected chi connectivity index (χ4v) is 1.98. The van der Waals surface area contributed by atoms with Crippen molar-refractivity contribution >= 4 is 5.78 Å². The smallest absolute Gasteiger partial charge is 0.214 e. The van der Waals surface area contributed by atoms with Crippen LogP contribution in [0.5, 0.6) is 5.75 Å². The van der Waals surface area contributed by atoms with E-state index in [1.165, 1.54) is 19.2 Å². The highest BCUT2D eigenvalue weighted by molar-refractivity contribution is 6.07. The zero-order valence-electron chi connectivity index (χ0n) is 10.8. The molecule has 0 atom stereocenters. The summed E-state index contributed by atoms with van der Waals surface area (Å²) in [5.41, 5.74) is 0.434. The number of hydrogen-bond donors (Lipinski definition) is 1. The van der Waals surface area contributed by atoms with E-state index in [0.717, 1.165) is 19.2 Å². The molecule has 1 aliphatic heterocycles. The van der Waals surface area contributed by atoms with Gasteiger partial charge in [0, 0.05) is 18.7 Å². The van der Waals surface area contributed by atoms with Crippen molar-refractivity contribution < 1.29 is 13.9 Å². The maximum absolute atomic E-state index is 13.6. The van der Waals surface area contributed by atoms with E-state index in [1.54, 1.807) is 10.9 Å². The molecule has 3 rings (SSSR count). The number of aromatic nitrogens is 3. The Kier molecular flexibility index (Phi) is 3.19. The lowest BCUT2D eigenvalue weighted by molar-refractivity contribution is 0.103. The Morgan fingerprint density at radius 3 is 2.90 bits per heavy atom. The van der Waals surface area contributed by atoms with Crippen LogP contribution in [0.15, 0.2) is 24.4 Å². The highest BCUT2D eigenvalue weighted by Crippen LogP contribution is 2.19. The second kappa shape index (κ2) is 5.01. The second-order valence-electron chi connectivity index (χ2n) is 4.57. The summed E-state index contributed by atoms with van der Waals surface area (Å²) in [5, 5.41) is 10.9. The molecule has 2 aromatic rings. The molecule has 1 N–H and O–H groups in total. The molecule has 104 valence electrons. The van der Waals surface area contributed by atoms with Crippen molar-refractivity contribution in [1.29, 1.82) is 0 Å². The Bertz CT molecular complexity index is 652. The molecule has 0 saturated carbocycles. The number of nitrogens with zero attached hydrogens (tertiary/aromatic N) is 3. The fourth-order valence-electron chi connectivity index (χ4n) is 1.98. The minimum atomic E-state index is -0.575. The number of nitrogens with one attached hydrogen (secondary N) is 1. The van der Waals surface area contributed by atoms with E-state index in [-0.39, 0.29) is 28.8 Å². The molecule has 6 nitrogen and oxygen atoms in total. The molecule has 1 aliphatic rings. The third-order valence-electron chi connectivity index (χ3n) is 3.29. The van der Waals surface area contributed by atoms with Crippen molar-refractivity contribution in [3.8, 4) is 5.75 Å². The second-order valence-corrected chi connectivity index (χ2v) is 4.57. The first kappa shape index (κ1) is 12.7. The molecular weight excluding hydrogens is 263 g/mol. The minimum Gasteiger partial charge on any atom is -0.494 e. The summed E-state index contributed by atoms with van der Waals surface area (Å²) in [5.74, 6) is -0.829. The van der Waals surface area contributed by atoms with Crippen LogP contribution < -0.4 is 10.1 Å². The first-order valence-electron chi connectivity index (χ1n) is 6.20. The zero-order chi connectivity index (χ0) is 14.1. The predicted molar refractivity (Wildman–Crippen MR) is 68.3 cm³/mol. The average molecular weight is 276 g/mol. The first-order valence-corrected chi connectivity index (χ1v) is 6.20. The Labute approximate surface area is 114 Å².